The van der Waals surface area contributed by atoms with Crippen molar-refractivity contribution in [2.45, 2.75) is 19.4 Å². The lowest BCUT2D eigenvalue weighted by Gasteiger charge is -2.18. The van der Waals surface area contributed by atoms with Crippen molar-refractivity contribution >= 4 is 15.9 Å². The van der Waals surface area contributed by atoms with E-state index in [4.69, 9.17) is 10.00 Å². The molecule has 86 valence electrons. The van der Waals surface area contributed by atoms with Gasteiger partial charge in [0.1, 0.15) is 5.75 Å². The molecule has 1 N–H and O–H groups in total. The summed E-state index contributed by atoms with van der Waals surface area (Å²) in [4.78, 5) is 0. The predicted molar refractivity (Wildman–Crippen MR) is 65.0 cm³/mol. The van der Waals surface area contributed by atoms with E-state index < -0.39 is 12.0 Å². The lowest BCUT2D eigenvalue weighted by molar-refractivity contribution is 0.129. The number of rotatable bonds is 4. The van der Waals surface area contributed by atoms with E-state index in [-0.39, 0.29) is 0 Å². The monoisotopic (exact) mass is 283 g/mol. The van der Waals surface area contributed by atoms with Gasteiger partial charge in [-0.1, -0.05) is 22.9 Å². The molecule has 16 heavy (non-hydrogen) atoms. The van der Waals surface area contributed by atoms with Crippen LogP contribution < -0.4 is 4.74 Å². The van der Waals surface area contributed by atoms with E-state index in [0.717, 1.165) is 4.47 Å². The largest absolute Gasteiger partial charge is 0.496 e. The smallest absolute Gasteiger partial charge is 0.124 e. The first kappa shape index (κ1) is 13.0. The molecule has 0 saturated carbocycles. The maximum absolute atomic E-state index is 10.1. The molecule has 0 aliphatic rings. The van der Waals surface area contributed by atoms with Crippen molar-refractivity contribution in [3.8, 4) is 11.8 Å². The number of hydrogen-bond acceptors (Lipinski definition) is 3. The third kappa shape index (κ3) is 2.75. The first-order valence-electron chi connectivity index (χ1n) is 5.05. The van der Waals surface area contributed by atoms with Gasteiger partial charge in [0, 0.05) is 10.0 Å². The topological polar surface area (TPSA) is 53.2 Å². The van der Waals surface area contributed by atoms with Crippen molar-refractivity contribution in [3.05, 3.63) is 28.2 Å². The Kier molecular flexibility index (Phi) is 4.78. The van der Waals surface area contributed by atoms with Gasteiger partial charge in [-0.05, 0) is 24.6 Å². The summed E-state index contributed by atoms with van der Waals surface area (Å²) in [6.07, 6.45) is -0.213. The fraction of sp³-hybridized carbons (Fsp3) is 0.417. The van der Waals surface area contributed by atoms with Gasteiger partial charge >= 0.3 is 0 Å². The molecule has 0 aromatic heterocycles. The van der Waals surface area contributed by atoms with Crippen LogP contribution in [0.1, 0.15) is 25.0 Å². The zero-order chi connectivity index (χ0) is 12.1. The highest BCUT2D eigenvalue weighted by Gasteiger charge is 2.22. The lowest BCUT2D eigenvalue weighted by Crippen LogP contribution is -2.11. The van der Waals surface area contributed by atoms with Gasteiger partial charge in [-0.25, -0.2) is 0 Å². The molecule has 3 nitrogen and oxygen atoms in total. The van der Waals surface area contributed by atoms with E-state index >= 15 is 0 Å². The fourth-order valence-electron chi connectivity index (χ4n) is 1.54. The predicted octanol–water partition coefficient (Wildman–Crippen LogP) is 3.04. The minimum Gasteiger partial charge on any atom is -0.496 e. The SMILES string of the molecule is CCC(C#N)C(O)c1cc(Br)ccc1OC. The highest BCUT2D eigenvalue weighted by atomic mass is 79.9. The van der Waals surface area contributed by atoms with Crippen LogP contribution in [0.25, 0.3) is 0 Å². The normalized spacial score (nSPS) is 13.9. The van der Waals surface area contributed by atoms with E-state index in [0.29, 0.717) is 17.7 Å². The van der Waals surface area contributed by atoms with Crippen LogP contribution in [0.4, 0.5) is 0 Å². The molecule has 0 amide bonds. The summed E-state index contributed by atoms with van der Waals surface area (Å²) in [6, 6.07) is 7.49. The van der Waals surface area contributed by atoms with E-state index in [9.17, 15) is 5.11 Å². The zero-order valence-electron chi connectivity index (χ0n) is 9.27. The summed E-state index contributed by atoms with van der Waals surface area (Å²) in [5.41, 5.74) is 0.644. The second kappa shape index (κ2) is 5.88. The number of hydrogen-bond donors (Lipinski definition) is 1. The number of aliphatic hydroxyl groups is 1. The maximum Gasteiger partial charge on any atom is 0.124 e. The number of ether oxygens (including phenoxy) is 1. The molecule has 1 rings (SSSR count). The van der Waals surface area contributed by atoms with Gasteiger partial charge in [-0.15, -0.1) is 0 Å². The summed E-state index contributed by atoms with van der Waals surface area (Å²) < 4.78 is 6.03. The molecule has 1 aromatic carbocycles. The first-order valence-corrected chi connectivity index (χ1v) is 5.84. The summed E-state index contributed by atoms with van der Waals surface area (Å²) >= 11 is 3.34. The molecule has 1 aromatic rings. The third-order valence-electron chi connectivity index (χ3n) is 2.50. The first-order chi connectivity index (χ1) is 7.63. The van der Waals surface area contributed by atoms with Crippen LogP contribution in [0, 0.1) is 17.2 Å². The molecular weight excluding hydrogens is 270 g/mol. The number of halogens is 1. The minimum atomic E-state index is -0.817. The highest BCUT2D eigenvalue weighted by Crippen LogP contribution is 2.33. The van der Waals surface area contributed by atoms with Gasteiger partial charge in [0.15, 0.2) is 0 Å². The fourth-order valence-corrected chi connectivity index (χ4v) is 1.92. The molecule has 0 heterocycles. The Hall–Kier alpha value is -1.05. The van der Waals surface area contributed by atoms with Gasteiger partial charge in [-0.2, -0.15) is 5.26 Å². The van der Waals surface area contributed by atoms with Crippen molar-refractivity contribution in [3.63, 3.8) is 0 Å². The molecule has 0 radical (unpaired) electrons. The van der Waals surface area contributed by atoms with E-state index in [1.165, 1.54) is 0 Å². The Morgan fingerprint density at radius 3 is 2.75 bits per heavy atom. The van der Waals surface area contributed by atoms with E-state index in [1.54, 1.807) is 19.2 Å². The Morgan fingerprint density at radius 1 is 1.56 bits per heavy atom. The number of nitrogens with zero attached hydrogens (tertiary/aromatic N) is 1. The quantitative estimate of drug-likeness (QED) is 0.924. The van der Waals surface area contributed by atoms with Gasteiger partial charge in [-0.3, -0.25) is 0 Å². The molecule has 2 unspecified atom stereocenters. The van der Waals surface area contributed by atoms with Crippen LogP contribution in [0.3, 0.4) is 0 Å². The third-order valence-corrected chi connectivity index (χ3v) is 2.99. The molecule has 0 fully saturated rings. The van der Waals surface area contributed by atoms with Gasteiger partial charge in [0.25, 0.3) is 0 Å². The van der Waals surface area contributed by atoms with Crippen LogP contribution in [-0.4, -0.2) is 12.2 Å². The second-order valence-corrected chi connectivity index (χ2v) is 4.39. The zero-order valence-corrected chi connectivity index (χ0v) is 10.9. The minimum absolute atomic E-state index is 0.414. The van der Waals surface area contributed by atoms with Gasteiger partial charge < -0.3 is 9.84 Å². The van der Waals surface area contributed by atoms with Crippen LogP contribution in [0.2, 0.25) is 0 Å². The van der Waals surface area contributed by atoms with Crippen LogP contribution in [0.5, 0.6) is 5.75 Å². The average Bonchev–Trinajstić information content (AvgIpc) is 2.30. The Bertz CT molecular complexity index is 400. The number of aliphatic hydroxyl groups excluding tert-OH is 1. The average molecular weight is 284 g/mol. The van der Waals surface area contributed by atoms with Crippen molar-refractivity contribution in [2.24, 2.45) is 5.92 Å². The van der Waals surface area contributed by atoms with Crippen LogP contribution in [-0.2, 0) is 0 Å². The molecular formula is C12H14BrNO2. The molecule has 0 bridgehead atoms. The van der Waals surface area contributed by atoms with Crippen molar-refractivity contribution in [1.29, 1.82) is 5.26 Å². The van der Waals surface area contributed by atoms with Crippen LogP contribution in [0.15, 0.2) is 22.7 Å². The maximum atomic E-state index is 10.1. The molecule has 0 spiro atoms. The summed E-state index contributed by atoms with van der Waals surface area (Å²) in [5, 5.41) is 19.0. The van der Waals surface area contributed by atoms with E-state index in [1.807, 2.05) is 13.0 Å². The van der Waals surface area contributed by atoms with Gasteiger partial charge in [0.2, 0.25) is 0 Å². The Morgan fingerprint density at radius 2 is 2.25 bits per heavy atom. The number of benzene rings is 1. The number of methoxy groups -OCH3 is 1. The second-order valence-electron chi connectivity index (χ2n) is 3.47. The number of nitriles is 1. The Labute approximate surface area is 104 Å². The van der Waals surface area contributed by atoms with E-state index in [2.05, 4.69) is 22.0 Å². The van der Waals surface area contributed by atoms with Crippen LogP contribution >= 0.6 is 15.9 Å². The molecule has 2 atom stereocenters. The van der Waals surface area contributed by atoms with Crippen molar-refractivity contribution in [1.82, 2.24) is 0 Å². The molecule has 4 heteroatoms. The highest BCUT2D eigenvalue weighted by molar-refractivity contribution is 9.10. The molecule has 0 aliphatic carbocycles. The lowest BCUT2D eigenvalue weighted by atomic mass is 9.94. The van der Waals surface area contributed by atoms with Crippen molar-refractivity contribution in [2.75, 3.05) is 7.11 Å². The summed E-state index contributed by atoms with van der Waals surface area (Å²) in [5.74, 6) is 0.188. The van der Waals surface area contributed by atoms with Crippen molar-refractivity contribution < 1.29 is 9.84 Å². The summed E-state index contributed by atoms with van der Waals surface area (Å²) in [6.45, 7) is 1.88. The molecule has 0 saturated heterocycles. The molecule has 0 aliphatic heterocycles. The Balaban J connectivity index is 3.11. The standard InChI is InChI=1S/C12H14BrNO2/c1-3-8(7-14)12(15)10-6-9(13)4-5-11(10)16-2/h4-6,8,12,15H,3H2,1-2H3. The summed E-state index contributed by atoms with van der Waals surface area (Å²) in [7, 11) is 1.55. The van der Waals surface area contributed by atoms with Gasteiger partial charge in [0.05, 0.1) is 25.2 Å².